The van der Waals surface area contributed by atoms with Gasteiger partial charge in [-0.25, -0.2) is 14.8 Å². The Morgan fingerprint density at radius 3 is 2.71 bits per heavy atom. The number of carboxylic acids is 1. The highest BCUT2D eigenvalue weighted by Crippen LogP contribution is 2.21. The van der Waals surface area contributed by atoms with Gasteiger partial charge in [-0.1, -0.05) is 12.1 Å². The maximum Gasteiger partial charge on any atom is 0.374 e. The van der Waals surface area contributed by atoms with E-state index in [-0.39, 0.29) is 11.4 Å². The first kappa shape index (κ1) is 15.2. The second-order valence-corrected chi connectivity index (χ2v) is 5.26. The third-order valence-electron chi connectivity index (χ3n) is 3.01. The second kappa shape index (κ2) is 6.05. The van der Waals surface area contributed by atoms with E-state index in [4.69, 9.17) is 9.84 Å². The first-order valence-corrected chi connectivity index (χ1v) is 6.81. The Hall–Kier alpha value is -2.21. The number of hydrogen-bond donors (Lipinski definition) is 2. The lowest BCUT2D eigenvalue weighted by Gasteiger charge is -2.25. The van der Waals surface area contributed by atoms with Crippen LogP contribution in [0.25, 0.3) is 10.9 Å². The normalized spacial score (nSPS) is 11.6. The average Bonchev–Trinajstić information content (AvgIpc) is 2.44. The minimum atomic E-state index is -1.15. The first-order chi connectivity index (χ1) is 9.93. The number of carboxylic acid groups (broad SMARTS) is 1. The molecule has 0 fully saturated rings. The molecule has 6 heteroatoms. The topological polar surface area (TPSA) is 84.3 Å². The number of nitrogens with zero attached hydrogens (tertiary/aromatic N) is 2. The SMILES string of the molecule is CCOC(C)(C)CNc1nc(C(=O)O)nc2ccccc12. The zero-order valence-electron chi connectivity index (χ0n) is 12.4. The van der Waals surface area contributed by atoms with E-state index in [1.165, 1.54) is 0 Å². The number of carbonyl (C=O) groups is 1. The summed E-state index contributed by atoms with van der Waals surface area (Å²) in [7, 11) is 0. The molecule has 21 heavy (non-hydrogen) atoms. The highest BCUT2D eigenvalue weighted by Gasteiger charge is 2.19. The molecule has 0 aliphatic rings. The van der Waals surface area contributed by atoms with Crippen LogP contribution in [-0.4, -0.2) is 39.8 Å². The molecule has 6 nitrogen and oxygen atoms in total. The van der Waals surface area contributed by atoms with E-state index in [1.807, 2.05) is 39.0 Å². The van der Waals surface area contributed by atoms with Gasteiger partial charge in [-0.2, -0.15) is 0 Å². The van der Waals surface area contributed by atoms with E-state index in [0.717, 1.165) is 5.39 Å². The van der Waals surface area contributed by atoms with E-state index >= 15 is 0 Å². The van der Waals surface area contributed by atoms with Gasteiger partial charge >= 0.3 is 5.97 Å². The summed E-state index contributed by atoms with van der Waals surface area (Å²) in [6.45, 7) is 6.99. The van der Waals surface area contributed by atoms with Crippen LogP contribution >= 0.6 is 0 Å². The minimum Gasteiger partial charge on any atom is -0.475 e. The van der Waals surface area contributed by atoms with Crippen molar-refractivity contribution < 1.29 is 14.6 Å². The van der Waals surface area contributed by atoms with Crippen molar-refractivity contribution >= 4 is 22.7 Å². The van der Waals surface area contributed by atoms with Crippen molar-refractivity contribution in [2.45, 2.75) is 26.4 Å². The van der Waals surface area contributed by atoms with Crippen LogP contribution in [-0.2, 0) is 4.74 Å². The predicted octanol–water partition coefficient (Wildman–Crippen LogP) is 2.56. The van der Waals surface area contributed by atoms with Crippen molar-refractivity contribution in [1.29, 1.82) is 0 Å². The molecule has 0 saturated heterocycles. The summed E-state index contributed by atoms with van der Waals surface area (Å²) in [6.07, 6.45) is 0. The number of hydrogen-bond acceptors (Lipinski definition) is 5. The average molecular weight is 289 g/mol. The Balaban J connectivity index is 2.35. The van der Waals surface area contributed by atoms with Crippen molar-refractivity contribution in [3.63, 3.8) is 0 Å². The number of para-hydroxylation sites is 1. The van der Waals surface area contributed by atoms with Gasteiger partial charge in [-0.15, -0.1) is 0 Å². The Kier molecular flexibility index (Phi) is 4.37. The molecular weight excluding hydrogens is 270 g/mol. The number of benzene rings is 1. The Bertz CT molecular complexity index is 656. The van der Waals surface area contributed by atoms with Crippen molar-refractivity contribution in [3.8, 4) is 0 Å². The van der Waals surface area contributed by atoms with Crippen molar-refractivity contribution in [3.05, 3.63) is 30.1 Å². The van der Waals surface area contributed by atoms with Gasteiger partial charge in [-0.3, -0.25) is 0 Å². The summed E-state index contributed by atoms with van der Waals surface area (Å²) < 4.78 is 5.62. The van der Waals surface area contributed by atoms with Gasteiger partial charge in [0, 0.05) is 18.5 Å². The zero-order chi connectivity index (χ0) is 15.5. The molecule has 1 heterocycles. The monoisotopic (exact) mass is 289 g/mol. The molecule has 0 spiro atoms. The van der Waals surface area contributed by atoms with Gasteiger partial charge in [0.25, 0.3) is 0 Å². The third kappa shape index (κ3) is 3.66. The fraction of sp³-hybridized carbons (Fsp3) is 0.400. The summed E-state index contributed by atoms with van der Waals surface area (Å²) >= 11 is 0. The molecule has 1 aromatic heterocycles. The van der Waals surface area contributed by atoms with Crippen molar-refractivity contribution in [2.75, 3.05) is 18.5 Å². The van der Waals surface area contributed by atoms with Gasteiger partial charge in [0.2, 0.25) is 5.82 Å². The summed E-state index contributed by atoms with van der Waals surface area (Å²) in [5, 5.41) is 13.1. The van der Waals surface area contributed by atoms with Gasteiger partial charge in [0.1, 0.15) is 5.82 Å². The molecule has 0 radical (unpaired) electrons. The molecule has 0 unspecified atom stereocenters. The third-order valence-corrected chi connectivity index (χ3v) is 3.01. The lowest BCUT2D eigenvalue weighted by atomic mass is 10.1. The number of ether oxygens (including phenoxy) is 1. The van der Waals surface area contributed by atoms with E-state index in [9.17, 15) is 4.79 Å². The Labute approximate surface area is 123 Å². The quantitative estimate of drug-likeness (QED) is 0.850. The fourth-order valence-corrected chi connectivity index (χ4v) is 2.05. The zero-order valence-corrected chi connectivity index (χ0v) is 12.4. The van der Waals surface area contributed by atoms with Crippen molar-refractivity contribution in [2.24, 2.45) is 0 Å². The molecule has 0 saturated carbocycles. The summed E-state index contributed by atoms with van der Waals surface area (Å²) in [4.78, 5) is 19.2. The Morgan fingerprint density at radius 1 is 1.33 bits per heavy atom. The predicted molar refractivity (Wildman–Crippen MR) is 80.7 cm³/mol. The maximum absolute atomic E-state index is 11.1. The molecule has 0 bridgehead atoms. The highest BCUT2D eigenvalue weighted by molar-refractivity contribution is 5.93. The molecule has 0 aliphatic heterocycles. The number of anilines is 1. The van der Waals surface area contributed by atoms with Crippen LogP contribution in [0.4, 0.5) is 5.82 Å². The number of aromatic nitrogens is 2. The Morgan fingerprint density at radius 2 is 2.05 bits per heavy atom. The molecule has 112 valence electrons. The maximum atomic E-state index is 11.1. The largest absolute Gasteiger partial charge is 0.475 e. The molecule has 1 aromatic carbocycles. The molecule has 2 rings (SSSR count). The number of nitrogens with one attached hydrogen (secondary N) is 1. The van der Waals surface area contributed by atoms with Crippen LogP contribution in [0, 0.1) is 0 Å². The van der Waals surface area contributed by atoms with E-state index in [0.29, 0.717) is 24.5 Å². The molecular formula is C15H19N3O3. The number of aromatic carboxylic acids is 1. The second-order valence-electron chi connectivity index (χ2n) is 5.26. The molecule has 0 atom stereocenters. The smallest absolute Gasteiger partial charge is 0.374 e. The molecule has 2 N–H and O–H groups in total. The van der Waals surface area contributed by atoms with Gasteiger partial charge in [0.05, 0.1) is 11.1 Å². The van der Waals surface area contributed by atoms with Crippen molar-refractivity contribution in [1.82, 2.24) is 9.97 Å². The van der Waals surface area contributed by atoms with E-state index < -0.39 is 5.97 Å². The van der Waals surface area contributed by atoms with E-state index in [2.05, 4.69) is 15.3 Å². The van der Waals surface area contributed by atoms with Crippen LogP contribution in [0.3, 0.4) is 0 Å². The first-order valence-electron chi connectivity index (χ1n) is 6.81. The van der Waals surface area contributed by atoms with Crippen LogP contribution < -0.4 is 5.32 Å². The van der Waals surface area contributed by atoms with Crippen LogP contribution in [0.15, 0.2) is 24.3 Å². The molecule has 2 aromatic rings. The van der Waals surface area contributed by atoms with Gasteiger partial charge in [-0.05, 0) is 32.9 Å². The van der Waals surface area contributed by atoms with Crippen LogP contribution in [0.1, 0.15) is 31.4 Å². The van der Waals surface area contributed by atoms with Crippen LogP contribution in [0.2, 0.25) is 0 Å². The lowest BCUT2D eigenvalue weighted by molar-refractivity contribution is 0.000662. The number of rotatable bonds is 6. The molecule has 0 aliphatic carbocycles. The number of fused-ring (bicyclic) bond motifs is 1. The minimum absolute atomic E-state index is 0.217. The van der Waals surface area contributed by atoms with Crippen LogP contribution in [0.5, 0.6) is 0 Å². The summed E-state index contributed by atoms with van der Waals surface area (Å²) in [5.74, 6) is -0.857. The lowest BCUT2D eigenvalue weighted by Crippen LogP contribution is -2.33. The molecule has 0 amide bonds. The van der Waals surface area contributed by atoms with E-state index in [1.54, 1.807) is 6.07 Å². The van der Waals surface area contributed by atoms with Gasteiger partial charge in [0.15, 0.2) is 0 Å². The van der Waals surface area contributed by atoms with Gasteiger partial charge < -0.3 is 15.2 Å². The fourth-order valence-electron chi connectivity index (χ4n) is 2.05. The summed E-state index contributed by atoms with van der Waals surface area (Å²) in [6, 6.07) is 7.30. The highest BCUT2D eigenvalue weighted by atomic mass is 16.5. The summed E-state index contributed by atoms with van der Waals surface area (Å²) in [5.41, 5.74) is 0.228. The standard InChI is InChI=1S/C15H19N3O3/c1-4-21-15(2,3)9-16-12-10-7-5-6-8-11(10)17-13(18-12)14(19)20/h5-8H,4,9H2,1-3H3,(H,19,20)(H,16,17,18).